The average molecular weight is 288 g/mol. The molecule has 1 atom stereocenters. The smallest absolute Gasteiger partial charge is 0.395 e. The number of amides is 1. The van der Waals surface area contributed by atoms with E-state index in [4.69, 9.17) is 4.42 Å². The molecule has 1 aromatic heterocycles. The van der Waals surface area contributed by atoms with Crippen molar-refractivity contribution in [2.24, 2.45) is 0 Å². The van der Waals surface area contributed by atoms with Gasteiger partial charge in [0, 0.05) is 5.69 Å². The summed E-state index contributed by atoms with van der Waals surface area (Å²) in [4.78, 5) is 22.0. The van der Waals surface area contributed by atoms with Gasteiger partial charge in [-0.2, -0.15) is 0 Å². The normalized spacial score (nSPS) is 11.9. The molecule has 0 aliphatic heterocycles. The van der Waals surface area contributed by atoms with Crippen LogP contribution in [0.1, 0.15) is 42.3 Å². The Hall–Kier alpha value is -2.63. The Morgan fingerprint density at radius 2 is 2.05 bits per heavy atom. The number of anilines is 1. The number of carbonyl (C=O) groups is 1. The van der Waals surface area contributed by atoms with Crippen LogP contribution in [0.15, 0.2) is 40.8 Å². The first kappa shape index (κ1) is 14.8. The van der Waals surface area contributed by atoms with Crippen LogP contribution in [0.5, 0.6) is 0 Å². The summed E-state index contributed by atoms with van der Waals surface area (Å²) in [5.41, 5.74) is 1.71. The Labute approximate surface area is 121 Å². The lowest BCUT2D eigenvalue weighted by molar-refractivity contribution is -0.402. The molecule has 0 saturated heterocycles. The molecule has 0 fully saturated rings. The zero-order chi connectivity index (χ0) is 15.4. The van der Waals surface area contributed by atoms with Crippen molar-refractivity contribution in [2.75, 3.05) is 5.32 Å². The summed E-state index contributed by atoms with van der Waals surface area (Å²) < 4.78 is 4.89. The number of carbonyl (C=O) groups excluding carboxylic acids is 1. The van der Waals surface area contributed by atoms with Gasteiger partial charge in [-0.25, -0.2) is 0 Å². The van der Waals surface area contributed by atoms with Crippen molar-refractivity contribution in [1.29, 1.82) is 0 Å². The quantitative estimate of drug-likeness (QED) is 0.666. The molecule has 1 aromatic carbocycles. The Kier molecular flexibility index (Phi) is 4.37. The molecule has 1 amide bonds. The van der Waals surface area contributed by atoms with Crippen molar-refractivity contribution in [3.05, 3.63) is 57.8 Å². The topological polar surface area (TPSA) is 85.4 Å². The molecule has 0 radical (unpaired) electrons. The fraction of sp³-hybridized carbons (Fsp3) is 0.267. The van der Waals surface area contributed by atoms with E-state index in [0.29, 0.717) is 11.6 Å². The number of nitro groups is 1. The van der Waals surface area contributed by atoms with Gasteiger partial charge < -0.3 is 9.73 Å². The number of benzene rings is 1. The minimum Gasteiger partial charge on any atom is -0.395 e. The molecule has 2 rings (SSSR count). The van der Waals surface area contributed by atoms with E-state index < -0.39 is 16.7 Å². The van der Waals surface area contributed by atoms with Gasteiger partial charge in [0.05, 0.1) is 6.07 Å². The first-order valence-electron chi connectivity index (χ1n) is 6.67. The molecule has 21 heavy (non-hydrogen) atoms. The van der Waals surface area contributed by atoms with Crippen LogP contribution in [0.25, 0.3) is 0 Å². The summed E-state index contributed by atoms with van der Waals surface area (Å²) in [6.45, 7) is 4.14. The second kappa shape index (κ2) is 6.21. The van der Waals surface area contributed by atoms with Gasteiger partial charge in [0.1, 0.15) is 4.92 Å². The van der Waals surface area contributed by atoms with Crippen LogP contribution >= 0.6 is 0 Å². The highest BCUT2D eigenvalue weighted by molar-refractivity contribution is 6.02. The van der Waals surface area contributed by atoms with Gasteiger partial charge in [0.2, 0.25) is 0 Å². The zero-order valence-electron chi connectivity index (χ0n) is 11.8. The SMILES string of the molecule is CC[C@@H](C)c1ccccc1NC(=O)c1ccc([N+](=O)[O-])o1. The van der Waals surface area contributed by atoms with Crippen LogP contribution in [-0.2, 0) is 0 Å². The van der Waals surface area contributed by atoms with Crippen LogP contribution in [0.4, 0.5) is 11.6 Å². The van der Waals surface area contributed by atoms with Crippen molar-refractivity contribution in [1.82, 2.24) is 0 Å². The van der Waals surface area contributed by atoms with E-state index in [1.807, 2.05) is 18.2 Å². The fourth-order valence-electron chi connectivity index (χ4n) is 1.99. The van der Waals surface area contributed by atoms with Crippen LogP contribution in [0, 0.1) is 10.1 Å². The van der Waals surface area contributed by atoms with E-state index in [0.717, 1.165) is 18.1 Å². The lowest BCUT2D eigenvalue weighted by Gasteiger charge is -2.14. The lowest BCUT2D eigenvalue weighted by atomic mass is 9.97. The Morgan fingerprint density at radius 3 is 2.67 bits per heavy atom. The van der Waals surface area contributed by atoms with E-state index in [1.165, 1.54) is 6.07 Å². The molecule has 6 heteroatoms. The van der Waals surface area contributed by atoms with Gasteiger partial charge in [-0.3, -0.25) is 14.9 Å². The molecule has 0 saturated carbocycles. The lowest BCUT2D eigenvalue weighted by Crippen LogP contribution is -2.13. The van der Waals surface area contributed by atoms with Crippen molar-refractivity contribution < 1.29 is 14.1 Å². The number of nitrogens with one attached hydrogen (secondary N) is 1. The van der Waals surface area contributed by atoms with Gasteiger partial charge in [-0.05, 0) is 30.0 Å². The first-order chi connectivity index (χ1) is 10.0. The van der Waals surface area contributed by atoms with Crippen molar-refractivity contribution in [3.8, 4) is 0 Å². The van der Waals surface area contributed by atoms with Gasteiger partial charge in [-0.1, -0.05) is 32.0 Å². The molecule has 0 spiro atoms. The van der Waals surface area contributed by atoms with Crippen LogP contribution in [0.2, 0.25) is 0 Å². The maximum atomic E-state index is 12.1. The monoisotopic (exact) mass is 288 g/mol. The number of rotatable bonds is 5. The molecule has 0 aliphatic carbocycles. The Morgan fingerprint density at radius 1 is 1.33 bits per heavy atom. The van der Waals surface area contributed by atoms with Crippen LogP contribution in [-0.4, -0.2) is 10.8 Å². The van der Waals surface area contributed by atoms with Gasteiger partial charge in [0.25, 0.3) is 5.91 Å². The second-order valence-corrected chi connectivity index (χ2v) is 4.75. The van der Waals surface area contributed by atoms with Crippen molar-refractivity contribution in [3.63, 3.8) is 0 Å². The van der Waals surface area contributed by atoms with Crippen molar-refractivity contribution in [2.45, 2.75) is 26.2 Å². The standard InChI is InChI=1S/C15H16N2O4/c1-3-10(2)11-6-4-5-7-12(11)16-15(18)13-8-9-14(21-13)17(19)20/h4-10H,3H2,1-2H3,(H,16,18)/t10-/m1/s1. The molecule has 1 N–H and O–H groups in total. The molecule has 2 aromatic rings. The number of furan rings is 1. The van der Waals surface area contributed by atoms with E-state index in [9.17, 15) is 14.9 Å². The van der Waals surface area contributed by atoms with E-state index >= 15 is 0 Å². The number of hydrogen-bond acceptors (Lipinski definition) is 4. The summed E-state index contributed by atoms with van der Waals surface area (Å²) in [5.74, 6) is -0.734. The third-order valence-electron chi connectivity index (χ3n) is 3.35. The molecule has 0 bridgehead atoms. The predicted octanol–water partition coefficient (Wildman–Crippen LogP) is 3.95. The van der Waals surface area contributed by atoms with E-state index in [2.05, 4.69) is 19.2 Å². The summed E-state index contributed by atoms with van der Waals surface area (Å²) in [6, 6.07) is 9.95. The summed E-state index contributed by atoms with van der Waals surface area (Å²) in [7, 11) is 0. The van der Waals surface area contributed by atoms with Crippen LogP contribution < -0.4 is 5.32 Å². The number of para-hydroxylation sites is 1. The molecule has 0 aliphatic rings. The first-order valence-corrected chi connectivity index (χ1v) is 6.67. The molecule has 6 nitrogen and oxygen atoms in total. The summed E-state index contributed by atoms with van der Waals surface area (Å²) in [6.07, 6.45) is 0.944. The Balaban J connectivity index is 2.21. The van der Waals surface area contributed by atoms with Crippen molar-refractivity contribution >= 4 is 17.5 Å². The maximum absolute atomic E-state index is 12.1. The van der Waals surface area contributed by atoms with E-state index in [-0.39, 0.29) is 5.76 Å². The molecular formula is C15H16N2O4. The largest absolute Gasteiger partial charge is 0.433 e. The third kappa shape index (κ3) is 3.28. The van der Waals surface area contributed by atoms with Gasteiger partial charge >= 0.3 is 5.88 Å². The molecule has 110 valence electrons. The second-order valence-electron chi connectivity index (χ2n) is 4.75. The summed E-state index contributed by atoms with van der Waals surface area (Å²) in [5, 5.41) is 13.3. The molecule has 0 unspecified atom stereocenters. The molecule has 1 heterocycles. The Bertz CT molecular complexity index is 663. The predicted molar refractivity (Wildman–Crippen MR) is 78.5 cm³/mol. The highest BCUT2D eigenvalue weighted by Crippen LogP contribution is 2.27. The van der Waals surface area contributed by atoms with Gasteiger partial charge in [-0.15, -0.1) is 0 Å². The minimum atomic E-state index is -0.677. The zero-order valence-corrected chi connectivity index (χ0v) is 11.8. The van der Waals surface area contributed by atoms with E-state index in [1.54, 1.807) is 6.07 Å². The maximum Gasteiger partial charge on any atom is 0.433 e. The number of hydrogen-bond donors (Lipinski definition) is 1. The van der Waals surface area contributed by atoms with Crippen LogP contribution in [0.3, 0.4) is 0 Å². The molecular weight excluding hydrogens is 272 g/mol. The third-order valence-corrected chi connectivity index (χ3v) is 3.35. The fourth-order valence-corrected chi connectivity index (χ4v) is 1.99. The highest BCUT2D eigenvalue weighted by atomic mass is 16.6. The van der Waals surface area contributed by atoms with Gasteiger partial charge in [0.15, 0.2) is 5.76 Å². The summed E-state index contributed by atoms with van der Waals surface area (Å²) >= 11 is 0. The number of nitrogens with zero attached hydrogens (tertiary/aromatic N) is 1. The minimum absolute atomic E-state index is 0.0827. The average Bonchev–Trinajstić information content (AvgIpc) is 2.97. The highest BCUT2D eigenvalue weighted by Gasteiger charge is 2.18.